The first-order valence-corrected chi connectivity index (χ1v) is 13.4. The van der Waals surface area contributed by atoms with Gasteiger partial charge in [0, 0.05) is 24.3 Å². The number of carbonyl (C=O) groups excluding carboxylic acids is 3. The van der Waals surface area contributed by atoms with E-state index in [1.165, 1.54) is 17.0 Å². The Bertz CT molecular complexity index is 1370. The number of methoxy groups -OCH3 is 1. The number of carbonyl (C=O) groups is 3. The van der Waals surface area contributed by atoms with E-state index in [4.69, 9.17) is 9.47 Å². The number of halogens is 1. The van der Waals surface area contributed by atoms with Crippen LogP contribution in [0.1, 0.15) is 47.4 Å². The molecule has 40 heavy (non-hydrogen) atoms. The fourth-order valence-electron chi connectivity index (χ4n) is 5.14. The van der Waals surface area contributed by atoms with Gasteiger partial charge in [0.15, 0.2) is 12.1 Å². The summed E-state index contributed by atoms with van der Waals surface area (Å²) in [4.78, 5) is 43.1. The van der Waals surface area contributed by atoms with Crippen LogP contribution in [0.4, 0.5) is 14.9 Å². The zero-order chi connectivity index (χ0) is 28.2. The molecule has 0 aromatic heterocycles. The first-order chi connectivity index (χ1) is 19.3. The number of hydrogen-bond acceptors (Lipinski definition) is 5. The van der Waals surface area contributed by atoms with Crippen molar-refractivity contribution in [2.45, 2.75) is 38.5 Å². The van der Waals surface area contributed by atoms with Gasteiger partial charge in [-0.3, -0.25) is 14.5 Å². The second-order valence-corrected chi connectivity index (χ2v) is 10.3. The molecule has 2 heterocycles. The molecule has 2 aliphatic heterocycles. The quantitative estimate of drug-likeness (QED) is 0.429. The lowest BCUT2D eigenvalue weighted by atomic mass is 9.96. The van der Waals surface area contributed by atoms with Crippen LogP contribution in [0.15, 0.2) is 72.8 Å². The number of cyclic esters (lactones) is 1. The van der Waals surface area contributed by atoms with Gasteiger partial charge in [0.2, 0.25) is 5.91 Å². The maximum atomic E-state index is 13.9. The molecule has 2 unspecified atom stereocenters. The van der Waals surface area contributed by atoms with Crippen LogP contribution in [0.2, 0.25) is 0 Å². The van der Waals surface area contributed by atoms with Crippen molar-refractivity contribution in [3.8, 4) is 5.75 Å². The monoisotopic (exact) mass is 545 g/mol. The fraction of sp³-hybridized carbons (Fsp3) is 0.323. The lowest BCUT2D eigenvalue weighted by Gasteiger charge is -2.34. The first kappa shape index (κ1) is 27.2. The number of benzene rings is 3. The van der Waals surface area contributed by atoms with Gasteiger partial charge >= 0.3 is 6.09 Å². The molecule has 2 aliphatic rings. The number of piperidine rings is 1. The zero-order valence-electron chi connectivity index (χ0n) is 22.5. The minimum absolute atomic E-state index is 0.101. The highest BCUT2D eigenvalue weighted by Gasteiger charge is 2.48. The van der Waals surface area contributed by atoms with E-state index in [1.54, 1.807) is 72.7 Å². The Balaban J connectivity index is 1.41. The average molecular weight is 546 g/mol. The van der Waals surface area contributed by atoms with Gasteiger partial charge in [-0.15, -0.1) is 0 Å². The van der Waals surface area contributed by atoms with Crippen molar-refractivity contribution in [2.24, 2.45) is 5.92 Å². The Labute approximate surface area is 232 Å². The van der Waals surface area contributed by atoms with Crippen molar-refractivity contribution < 1.29 is 28.2 Å². The summed E-state index contributed by atoms with van der Waals surface area (Å²) in [5, 5.41) is 2.87. The first-order valence-electron chi connectivity index (χ1n) is 13.4. The van der Waals surface area contributed by atoms with E-state index in [9.17, 15) is 18.8 Å². The number of nitrogens with zero attached hydrogens (tertiary/aromatic N) is 2. The summed E-state index contributed by atoms with van der Waals surface area (Å²) < 4.78 is 24.5. The number of anilines is 1. The summed E-state index contributed by atoms with van der Waals surface area (Å²) in [6, 6.07) is 18.7. The third kappa shape index (κ3) is 5.93. The highest BCUT2D eigenvalue weighted by molar-refractivity contribution is 6.04. The van der Waals surface area contributed by atoms with Crippen molar-refractivity contribution >= 4 is 23.6 Å². The van der Waals surface area contributed by atoms with Crippen LogP contribution in [0.5, 0.6) is 5.75 Å². The molecule has 2 saturated heterocycles. The van der Waals surface area contributed by atoms with Gasteiger partial charge in [-0.25, -0.2) is 9.18 Å². The molecule has 0 spiro atoms. The third-order valence-electron chi connectivity index (χ3n) is 7.52. The molecular formula is C31H32FN3O5. The molecule has 208 valence electrons. The molecule has 0 bridgehead atoms. The smallest absolute Gasteiger partial charge is 0.411 e. The van der Waals surface area contributed by atoms with E-state index in [1.807, 2.05) is 0 Å². The predicted octanol–water partition coefficient (Wildman–Crippen LogP) is 5.41. The Morgan fingerprint density at radius 1 is 1.02 bits per heavy atom. The lowest BCUT2D eigenvalue weighted by molar-refractivity contribution is -0.138. The highest BCUT2D eigenvalue weighted by atomic mass is 19.1. The summed E-state index contributed by atoms with van der Waals surface area (Å²) >= 11 is 0. The highest BCUT2D eigenvalue weighted by Crippen LogP contribution is 2.36. The molecule has 5 rings (SSSR count). The van der Waals surface area contributed by atoms with Gasteiger partial charge in [0.05, 0.1) is 13.7 Å². The van der Waals surface area contributed by atoms with Crippen LogP contribution in [0, 0.1) is 11.7 Å². The summed E-state index contributed by atoms with van der Waals surface area (Å²) in [5.41, 5.74) is 2.23. The summed E-state index contributed by atoms with van der Waals surface area (Å²) in [5.74, 6) is 0.302. The molecule has 2 atom stereocenters. The van der Waals surface area contributed by atoms with Gasteiger partial charge in [-0.2, -0.15) is 0 Å². The fourth-order valence-corrected chi connectivity index (χ4v) is 5.14. The van der Waals surface area contributed by atoms with E-state index in [-0.39, 0.29) is 24.2 Å². The van der Waals surface area contributed by atoms with Gasteiger partial charge in [0.25, 0.3) is 5.91 Å². The van der Waals surface area contributed by atoms with Gasteiger partial charge in [0.1, 0.15) is 11.6 Å². The maximum absolute atomic E-state index is 13.9. The minimum Gasteiger partial charge on any atom is -0.497 e. The van der Waals surface area contributed by atoms with E-state index < -0.39 is 18.2 Å². The molecule has 2 fully saturated rings. The SMILES string of the molecule is COc1ccc(C(=O)Nc2cccc(C3OC(=O)N(Cc4ccc(F)cc4)C3C(=O)N3CCC(C)CC3)c2)cc1. The molecule has 8 nitrogen and oxygen atoms in total. The Kier molecular flexibility index (Phi) is 8.00. The molecule has 0 aliphatic carbocycles. The summed E-state index contributed by atoms with van der Waals surface area (Å²) in [6.07, 6.45) is 0.286. The second-order valence-electron chi connectivity index (χ2n) is 10.3. The average Bonchev–Trinajstić information content (AvgIpc) is 3.30. The maximum Gasteiger partial charge on any atom is 0.411 e. The number of amides is 3. The molecule has 3 aromatic carbocycles. The van der Waals surface area contributed by atoms with Crippen molar-refractivity contribution in [3.05, 3.63) is 95.3 Å². The molecule has 0 saturated carbocycles. The zero-order valence-corrected chi connectivity index (χ0v) is 22.5. The van der Waals surface area contributed by atoms with Crippen molar-refractivity contribution in [1.82, 2.24) is 9.80 Å². The second kappa shape index (κ2) is 11.8. The topological polar surface area (TPSA) is 88.2 Å². The molecule has 0 radical (unpaired) electrons. The molecular weight excluding hydrogens is 513 g/mol. The number of nitrogens with one attached hydrogen (secondary N) is 1. The van der Waals surface area contributed by atoms with Crippen LogP contribution in [0.3, 0.4) is 0 Å². The number of likely N-dealkylation sites (tertiary alicyclic amines) is 1. The van der Waals surface area contributed by atoms with Crippen LogP contribution < -0.4 is 10.1 Å². The predicted molar refractivity (Wildman–Crippen MR) is 147 cm³/mol. The standard InChI is InChI=1S/C31H32FN3O5/c1-20-14-16-34(17-15-20)30(37)27-28(40-31(38)35(27)19-21-6-10-24(32)11-7-21)23-4-3-5-25(18-23)33-29(36)22-8-12-26(39-2)13-9-22/h3-13,18,20,27-28H,14-17,19H2,1-2H3,(H,33,36). The van der Waals surface area contributed by atoms with Crippen LogP contribution in [0.25, 0.3) is 0 Å². The number of rotatable bonds is 7. The normalized spacial score (nSPS) is 19.3. The number of hydrogen-bond donors (Lipinski definition) is 1. The lowest BCUT2D eigenvalue weighted by Crippen LogP contribution is -2.50. The minimum atomic E-state index is -0.904. The van der Waals surface area contributed by atoms with E-state index in [0.29, 0.717) is 47.1 Å². The van der Waals surface area contributed by atoms with E-state index in [0.717, 1.165) is 12.8 Å². The van der Waals surface area contributed by atoms with E-state index in [2.05, 4.69) is 12.2 Å². The van der Waals surface area contributed by atoms with Crippen molar-refractivity contribution in [3.63, 3.8) is 0 Å². The summed E-state index contributed by atoms with van der Waals surface area (Å²) in [7, 11) is 1.56. The third-order valence-corrected chi connectivity index (χ3v) is 7.52. The van der Waals surface area contributed by atoms with Crippen molar-refractivity contribution in [1.29, 1.82) is 0 Å². The van der Waals surface area contributed by atoms with Crippen molar-refractivity contribution in [2.75, 3.05) is 25.5 Å². The van der Waals surface area contributed by atoms with Crippen LogP contribution >= 0.6 is 0 Å². The Morgan fingerprint density at radius 2 is 1.73 bits per heavy atom. The molecule has 3 amide bonds. The van der Waals surface area contributed by atoms with Crippen LogP contribution in [-0.4, -0.2) is 53.9 Å². The van der Waals surface area contributed by atoms with Crippen LogP contribution in [-0.2, 0) is 16.1 Å². The molecule has 1 N–H and O–H groups in total. The van der Waals surface area contributed by atoms with Gasteiger partial charge in [-0.1, -0.05) is 31.2 Å². The number of ether oxygens (including phenoxy) is 2. The molecule has 3 aromatic rings. The Morgan fingerprint density at radius 3 is 2.40 bits per heavy atom. The largest absolute Gasteiger partial charge is 0.497 e. The van der Waals surface area contributed by atoms with Gasteiger partial charge < -0.3 is 19.7 Å². The Hall–Kier alpha value is -4.40. The van der Waals surface area contributed by atoms with E-state index >= 15 is 0 Å². The summed E-state index contributed by atoms with van der Waals surface area (Å²) in [6.45, 7) is 3.49. The molecule has 9 heteroatoms. The van der Waals surface area contributed by atoms with Gasteiger partial charge in [-0.05, 0) is 78.4 Å².